The quantitative estimate of drug-likeness (QED) is 0.550. The van der Waals surface area contributed by atoms with Crippen LogP contribution in [0.15, 0.2) is 59.4 Å². The van der Waals surface area contributed by atoms with Crippen LogP contribution in [-0.2, 0) is 6.54 Å². The largest absolute Gasteiger partial charge is 0.304 e. The van der Waals surface area contributed by atoms with Crippen molar-refractivity contribution in [3.63, 3.8) is 0 Å². The summed E-state index contributed by atoms with van der Waals surface area (Å²) >= 11 is 0. The normalized spacial score (nSPS) is 10.8. The standard InChI is InChI=1S/C17H14N2O3/c1-12-10-17(20)18(16-5-3-2-4-15(12)16)11-13-6-8-14(9-7-13)19(21)22/h2-10H,11H2,1H3. The Kier molecular flexibility index (Phi) is 3.47. The summed E-state index contributed by atoms with van der Waals surface area (Å²) in [6.07, 6.45) is 0. The molecule has 0 spiro atoms. The lowest BCUT2D eigenvalue weighted by molar-refractivity contribution is -0.384. The van der Waals surface area contributed by atoms with E-state index in [1.165, 1.54) is 12.1 Å². The number of nitrogens with zero attached hydrogens (tertiary/aromatic N) is 2. The van der Waals surface area contributed by atoms with Crippen molar-refractivity contribution in [1.82, 2.24) is 4.57 Å². The number of rotatable bonds is 3. The van der Waals surface area contributed by atoms with Gasteiger partial charge in [-0.25, -0.2) is 0 Å². The van der Waals surface area contributed by atoms with Gasteiger partial charge < -0.3 is 4.57 Å². The molecule has 0 aliphatic rings. The average molecular weight is 294 g/mol. The Bertz CT molecular complexity index is 911. The molecule has 2 aromatic carbocycles. The van der Waals surface area contributed by atoms with Crippen LogP contribution in [0.5, 0.6) is 0 Å². The van der Waals surface area contributed by atoms with Crippen LogP contribution in [0, 0.1) is 17.0 Å². The monoisotopic (exact) mass is 294 g/mol. The van der Waals surface area contributed by atoms with E-state index in [-0.39, 0.29) is 11.2 Å². The maximum atomic E-state index is 12.3. The number of fused-ring (bicyclic) bond motifs is 1. The molecule has 0 bridgehead atoms. The first-order chi connectivity index (χ1) is 10.6. The lowest BCUT2D eigenvalue weighted by atomic mass is 10.1. The van der Waals surface area contributed by atoms with Crippen LogP contribution >= 0.6 is 0 Å². The number of pyridine rings is 1. The highest BCUT2D eigenvalue weighted by Crippen LogP contribution is 2.18. The molecule has 0 N–H and O–H groups in total. The van der Waals surface area contributed by atoms with Gasteiger partial charge in [0.25, 0.3) is 11.2 Å². The Morgan fingerprint density at radius 3 is 2.45 bits per heavy atom. The van der Waals surface area contributed by atoms with E-state index < -0.39 is 4.92 Å². The third-order valence-electron chi connectivity index (χ3n) is 3.71. The van der Waals surface area contributed by atoms with E-state index in [1.807, 2.05) is 31.2 Å². The summed E-state index contributed by atoms with van der Waals surface area (Å²) < 4.78 is 1.68. The van der Waals surface area contributed by atoms with E-state index >= 15 is 0 Å². The fourth-order valence-electron chi connectivity index (χ4n) is 2.57. The van der Waals surface area contributed by atoms with Crippen LogP contribution in [0.1, 0.15) is 11.1 Å². The smallest absolute Gasteiger partial charge is 0.269 e. The minimum Gasteiger partial charge on any atom is -0.304 e. The van der Waals surface area contributed by atoms with Gasteiger partial charge in [0.1, 0.15) is 0 Å². The molecule has 1 aromatic heterocycles. The molecule has 3 aromatic rings. The number of nitro groups is 1. The highest BCUT2D eigenvalue weighted by Gasteiger charge is 2.08. The molecule has 0 saturated carbocycles. The van der Waals surface area contributed by atoms with Crippen molar-refractivity contribution in [3.05, 3.63) is 86.2 Å². The molecule has 5 heteroatoms. The second-order valence-electron chi connectivity index (χ2n) is 5.19. The van der Waals surface area contributed by atoms with E-state index in [9.17, 15) is 14.9 Å². The fourth-order valence-corrected chi connectivity index (χ4v) is 2.57. The van der Waals surface area contributed by atoms with E-state index in [2.05, 4.69) is 0 Å². The second-order valence-corrected chi connectivity index (χ2v) is 5.19. The fraction of sp³-hybridized carbons (Fsp3) is 0.118. The van der Waals surface area contributed by atoms with E-state index in [4.69, 9.17) is 0 Å². The summed E-state index contributed by atoms with van der Waals surface area (Å²) in [5, 5.41) is 11.7. The Morgan fingerprint density at radius 1 is 1.09 bits per heavy atom. The number of non-ortho nitro benzene ring substituents is 1. The maximum Gasteiger partial charge on any atom is 0.269 e. The third-order valence-corrected chi connectivity index (χ3v) is 3.71. The first kappa shape index (κ1) is 14.0. The second kappa shape index (κ2) is 5.44. The topological polar surface area (TPSA) is 65.1 Å². The van der Waals surface area contributed by atoms with Gasteiger partial charge in [0.15, 0.2) is 0 Å². The van der Waals surface area contributed by atoms with Gasteiger partial charge in [0.05, 0.1) is 17.0 Å². The third kappa shape index (κ3) is 2.48. The number of hydrogen-bond acceptors (Lipinski definition) is 3. The van der Waals surface area contributed by atoms with Crippen molar-refractivity contribution in [1.29, 1.82) is 0 Å². The number of hydrogen-bond donors (Lipinski definition) is 0. The molecule has 5 nitrogen and oxygen atoms in total. The molecule has 22 heavy (non-hydrogen) atoms. The van der Waals surface area contributed by atoms with Crippen molar-refractivity contribution in [2.45, 2.75) is 13.5 Å². The molecule has 0 unspecified atom stereocenters. The maximum absolute atomic E-state index is 12.3. The summed E-state index contributed by atoms with van der Waals surface area (Å²) in [5.74, 6) is 0. The van der Waals surface area contributed by atoms with E-state index in [0.29, 0.717) is 6.54 Å². The molecule has 0 fully saturated rings. The summed E-state index contributed by atoms with van der Waals surface area (Å²) in [7, 11) is 0. The first-order valence-electron chi connectivity index (χ1n) is 6.89. The Morgan fingerprint density at radius 2 is 1.77 bits per heavy atom. The SMILES string of the molecule is Cc1cc(=O)n(Cc2ccc([N+](=O)[O-])cc2)c2ccccc12. The highest BCUT2D eigenvalue weighted by atomic mass is 16.6. The molecule has 1 heterocycles. The van der Waals surface area contributed by atoms with Crippen LogP contribution in [0.2, 0.25) is 0 Å². The van der Waals surface area contributed by atoms with Gasteiger partial charge in [-0.3, -0.25) is 14.9 Å². The van der Waals surface area contributed by atoms with Crippen LogP contribution in [0.4, 0.5) is 5.69 Å². The summed E-state index contributed by atoms with van der Waals surface area (Å²) in [6.45, 7) is 2.30. The predicted octanol–water partition coefficient (Wildman–Crippen LogP) is 3.27. The Hall–Kier alpha value is -2.95. The Labute approximate surface area is 126 Å². The van der Waals surface area contributed by atoms with Gasteiger partial charge in [0.2, 0.25) is 0 Å². The molecule has 0 aliphatic carbocycles. The van der Waals surface area contributed by atoms with Gasteiger partial charge >= 0.3 is 0 Å². The molecule has 0 amide bonds. The van der Waals surface area contributed by atoms with Gasteiger partial charge in [-0.2, -0.15) is 0 Å². The van der Waals surface area contributed by atoms with Crippen LogP contribution in [0.25, 0.3) is 10.9 Å². The molecule has 3 rings (SSSR count). The van der Waals surface area contributed by atoms with Gasteiger partial charge in [-0.05, 0) is 24.1 Å². The number of aryl methyl sites for hydroxylation is 1. The van der Waals surface area contributed by atoms with Crippen molar-refractivity contribution in [3.8, 4) is 0 Å². The van der Waals surface area contributed by atoms with Gasteiger partial charge in [-0.1, -0.05) is 30.3 Å². The zero-order chi connectivity index (χ0) is 15.7. The number of nitro benzene ring substituents is 1. The summed E-state index contributed by atoms with van der Waals surface area (Å²) in [6, 6.07) is 15.6. The van der Waals surface area contributed by atoms with Gasteiger partial charge in [-0.15, -0.1) is 0 Å². The number of para-hydroxylation sites is 1. The minimum atomic E-state index is -0.433. The van der Waals surface area contributed by atoms with E-state index in [1.54, 1.807) is 22.8 Å². The molecule has 110 valence electrons. The highest BCUT2D eigenvalue weighted by molar-refractivity contribution is 5.82. The zero-order valence-electron chi connectivity index (χ0n) is 12.0. The first-order valence-corrected chi connectivity index (χ1v) is 6.89. The molecule has 0 atom stereocenters. The van der Waals surface area contributed by atoms with Crippen LogP contribution < -0.4 is 5.56 Å². The Balaban J connectivity index is 2.07. The van der Waals surface area contributed by atoms with Crippen molar-refractivity contribution in [2.75, 3.05) is 0 Å². The summed E-state index contributed by atoms with van der Waals surface area (Å²) in [4.78, 5) is 22.5. The van der Waals surface area contributed by atoms with E-state index in [0.717, 1.165) is 22.0 Å². The molecule has 0 radical (unpaired) electrons. The summed E-state index contributed by atoms with van der Waals surface area (Å²) in [5.41, 5.74) is 2.63. The lowest BCUT2D eigenvalue weighted by Crippen LogP contribution is -2.20. The van der Waals surface area contributed by atoms with Gasteiger partial charge in [0, 0.05) is 23.6 Å². The van der Waals surface area contributed by atoms with Crippen LogP contribution in [0.3, 0.4) is 0 Å². The molecular formula is C17H14N2O3. The molecule has 0 saturated heterocycles. The van der Waals surface area contributed by atoms with Crippen molar-refractivity contribution < 1.29 is 4.92 Å². The number of benzene rings is 2. The van der Waals surface area contributed by atoms with Crippen molar-refractivity contribution in [2.24, 2.45) is 0 Å². The zero-order valence-corrected chi connectivity index (χ0v) is 12.0. The lowest BCUT2D eigenvalue weighted by Gasteiger charge is -2.12. The minimum absolute atomic E-state index is 0.0462. The predicted molar refractivity (Wildman–Crippen MR) is 85.1 cm³/mol. The van der Waals surface area contributed by atoms with Crippen LogP contribution in [-0.4, -0.2) is 9.49 Å². The molecular weight excluding hydrogens is 280 g/mol. The average Bonchev–Trinajstić information content (AvgIpc) is 2.52. The van der Waals surface area contributed by atoms with Crippen molar-refractivity contribution >= 4 is 16.6 Å². The molecule has 0 aliphatic heterocycles. The number of aromatic nitrogens is 1.